The predicted octanol–water partition coefficient (Wildman–Crippen LogP) is 2.35. The lowest BCUT2D eigenvalue weighted by Crippen LogP contribution is -2.59. The zero-order chi connectivity index (χ0) is 31.8. The minimum absolute atomic E-state index is 0.163. The predicted molar refractivity (Wildman–Crippen MR) is 162 cm³/mol. The molecule has 2 N–H and O–H groups in total. The summed E-state index contributed by atoms with van der Waals surface area (Å²) in [5, 5.41) is 5.66. The Balaban J connectivity index is 2.12. The zero-order valence-electron chi connectivity index (χ0n) is 26.1. The van der Waals surface area contributed by atoms with Crippen LogP contribution in [-0.4, -0.2) is 83.8 Å². The first-order valence-corrected chi connectivity index (χ1v) is 14.7. The number of likely N-dealkylation sites (N-methyl/N-ethyl adjacent to an activating group) is 2. The van der Waals surface area contributed by atoms with Crippen molar-refractivity contribution in [1.29, 1.82) is 0 Å². The van der Waals surface area contributed by atoms with Gasteiger partial charge in [-0.1, -0.05) is 88.4 Å². The fraction of sp³-hybridized carbons (Fsp3) is 0.485. The summed E-state index contributed by atoms with van der Waals surface area (Å²) in [6.45, 7) is 8.56. The zero-order valence-corrected chi connectivity index (χ0v) is 26.1. The lowest BCUT2D eigenvalue weighted by atomic mass is 9.98. The number of cyclic esters (lactones) is 1. The number of esters is 1. The highest BCUT2D eigenvalue weighted by atomic mass is 16.6. The Kier molecular flexibility index (Phi) is 11.5. The Morgan fingerprint density at radius 3 is 1.74 bits per heavy atom. The van der Waals surface area contributed by atoms with Crippen LogP contribution in [0.1, 0.15) is 45.7 Å². The summed E-state index contributed by atoms with van der Waals surface area (Å²) in [6, 6.07) is 14.4. The van der Waals surface area contributed by atoms with E-state index in [0.717, 1.165) is 11.1 Å². The van der Waals surface area contributed by atoms with Crippen LogP contribution < -0.4 is 10.6 Å². The molecule has 1 fully saturated rings. The molecule has 0 radical (unpaired) electrons. The van der Waals surface area contributed by atoms with Gasteiger partial charge in [-0.05, 0) is 29.9 Å². The van der Waals surface area contributed by atoms with Gasteiger partial charge in [0.05, 0.1) is 0 Å². The van der Waals surface area contributed by atoms with Gasteiger partial charge in [0.15, 0.2) is 6.10 Å². The topological polar surface area (TPSA) is 125 Å². The summed E-state index contributed by atoms with van der Waals surface area (Å²) in [5.74, 6) is -3.64. The van der Waals surface area contributed by atoms with Crippen LogP contribution in [0.2, 0.25) is 0 Å². The molecule has 0 spiro atoms. The van der Waals surface area contributed by atoms with Crippen molar-refractivity contribution in [3.8, 4) is 0 Å². The Morgan fingerprint density at radius 1 is 0.698 bits per heavy atom. The molecule has 3 rings (SSSR count). The van der Waals surface area contributed by atoms with Crippen molar-refractivity contribution in [3.63, 3.8) is 0 Å². The molecule has 1 aliphatic rings. The van der Waals surface area contributed by atoms with E-state index in [9.17, 15) is 24.0 Å². The first kappa shape index (κ1) is 33.3. The minimum Gasteiger partial charge on any atom is -0.450 e. The molecule has 1 aliphatic heterocycles. The van der Waals surface area contributed by atoms with Crippen molar-refractivity contribution in [2.24, 2.45) is 11.8 Å². The van der Waals surface area contributed by atoms with Crippen LogP contribution in [0.3, 0.4) is 0 Å². The number of hydrogen-bond acceptors (Lipinski definition) is 6. The van der Waals surface area contributed by atoms with E-state index in [4.69, 9.17) is 4.74 Å². The van der Waals surface area contributed by atoms with Crippen molar-refractivity contribution in [2.45, 2.75) is 77.7 Å². The van der Waals surface area contributed by atoms with Crippen LogP contribution in [0.5, 0.6) is 0 Å². The first-order valence-electron chi connectivity index (χ1n) is 14.7. The maximum absolute atomic E-state index is 14.0. The number of carbonyl (C=O) groups is 5. The highest BCUT2D eigenvalue weighted by Crippen LogP contribution is 2.18. The van der Waals surface area contributed by atoms with Gasteiger partial charge < -0.3 is 25.2 Å². The van der Waals surface area contributed by atoms with E-state index >= 15 is 0 Å². The van der Waals surface area contributed by atoms with Gasteiger partial charge in [-0.3, -0.25) is 19.2 Å². The maximum atomic E-state index is 14.0. The van der Waals surface area contributed by atoms with Crippen LogP contribution >= 0.6 is 0 Å². The molecular weight excluding hydrogens is 548 g/mol. The van der Waals surface area contributed by atoms with E-state index in [1.807, 2.05) is 60.7 Å². The molecule has 0 unspecified atom stereocenters. The Labute approximate surface area is 254 Å². The standard InChI is InChI=1S/C33H44N4O6/c1-20(2)27-32(41)37(7)26(19-24-16-12-9-13-17-24)29(38)34-25(18-23-14-10-8-11-15-23)31(40)36(6)22(5)33(42)43-28(21(3)4)30(39)35-27/h8-17,20-22,25-28H,18-19H2,1-7H3,(H,34,38)(H,35,39)/t22-,25-,26-,27-,28+/m0/s1. The van der Waals surface area contributed by atoms with Crippen molar-refractivity contribution in [3.05, 3.63) is 71.8 Å². The van der Waals surface area contributed by atoms with Crippen LogP contribution in [0, 0.1) is 11.8 Å². The number of carbonyl (C=O) groups excluding carboxylic acids is 5. The molecular formula is C33H44N4O6. The molecule has 0 bridgehead atoms. The number of ether oxygens (including phenoxy) is 1. The average Bonchev–Trinajstić information content (AvgIpc) is 2.99. The molecule has 10 heteroatoms. The molecule has 0 aromatic heterocycles. The number of benzene rings is 2. The normalized spacial score (nSPS) is 24.8. The molecule has 2 aromatic rings. The summed E-state index contributed by atoms with van der Waals surface area (Å²) in [7, 11) is 2.99. The smallest absolute Gasteiger partial charge is 0.329 e. The van der Waals surface area contributed by atoms with Gasteiger partial charge in [-0.2, -0.15) is 0 Å². The van der Waals surface area contributed by atoms with Crippen LogP contribution in [0.4, 0.5) is 0 Å². The summed E-state index contributed by atoms with van der Waals surface area (Å²) >= 11 is 0. The summed E-state index contributed by atoms with van der Waals surface area (Å²) in [5.41, 5.74) is 1.63. The van der Waals surface area contributed by atoms with Crippen LogP contribution in [0.25, 0.3) is 0 Å². The van der Waals surface area contributed by atoms with Crippen molar-refractivity contribution in [1.82, 2.24) is 20.4 Å². The third-order valence-corrected chi connectivity index (χ3v) is 7.89. The van der Waals surface area contributed by atoms with Crippen LogP contribution in [-0.2, 0) is 41.6 Å². The molecule has 232 valence electrons. The van der Waals surface area contributed by atoms with E-state index in [1.165, 1.54) is 30.8 Å². The number of nitrogens with zero attached hydrogens (tertiary/aromatic N) is 2. The van der Waals surface area contributed by atoms with Gasteiger partial charge in [0, 0.05) is 26.9 Å². The Morgan fingerprint density at radius 2 is 1.23 bits per heavy atom. The number of hydrogen-bond donors (Lipinski definition) is 2. The number of rotatable bonds is 6. The molecule has 2 aromatic carbocycles. The maximum Gasteiger partial charge on any atom is 0.329 e. The highest BCUT2D eigenvalue weighted by molar-refractivity contribution is 5.96. The van der Waals surface area contributed by atoms with Crippen molar-refractivity contribution < 1.29 is 28.7 Å². The van der Waals surface area contributed by atoms with Gasteiger partial charge in [0.25, 0.3) is 5.91 Å². The van der Waals surface area contributed by atoms with Gasteiger partial charge in [0.2, 0.25) is 17.7 Å². The summed E-state index contributed by atoms with van der Waals surface area (Å²) < 4.78 is 5.64. The monoisotopic (exact) mass is 592 g/mol. The van der Waals surface area contributed by atoms with Crippen molar-refractivity contribution in [2.75, 3.05) is 14.1 Å². The third kappa shape index (κ3) is 8.43. The molecule has 10 nitrogen and oxygen atoms in total. The second kappa shape index (κ2) is 14.8. The summed E-state index contributed by atoms with van der Waals surface area (Å²) in [4.78, 5) is 71.1. The molecule has 1 saturated heterocycles. The second-order valence-electron chi connectivity index (χ2n) is 11.9. The van der Waals surface area contributed by atoms with Gasteiger partial charge in [-0.15, -0.1) is 0 Å². The van der Waals surface area contributed by atoms with Gasteiger partial charge in [0.1, 0.15) is 24.2 Å². The minimum atomic E-state index is -1.19. The molecule has 5 atom stereocenters. The average molecular weight is 593 g/mol. The van der Waals surface area contributed by atoms with E-state index in [1.54, 1.807) is 27.7 Å². The van der Waals surface area contributed by atoms with Gasteiger partial charge >= 0.3 is 5.97 Å². The SMILES string of the molecule is CC(C)[C@@H]1NC(=O)[C@@H](C(C)C)OC(=O)[C@H](C)N(C)C(=O)[C@H](Cc2ccccc2)NC(=O)[C@H](Cc2ccccc2)N(C)C1=O. The van der Waals surface area contributed by atoms with Gasteiger partial charge in [-0.25, -0.2) is 4.79 Å². The third-order valence-electron chi connectivity index (χ3n) is 7.89. The Bertz CT molecular complexity index is 1280. The van der Waals surface area contributed by atoms with E-state index in [-0.39, 0.29) is 18.8 Å². The molecule has 0 saturated carbocycles. The molecule has 1 heterocycles. The van der Waals surface area contributed by atoms with E-state index in [2.05, 4.69) is 10.6 Å². The lowest BCUT2D eigenvalue weighted by molar-refractivity contribution is -0.165. The largest absolute Gasteiger partial charge is 0.450 e. The summed E-state index contributed by atoms with van der Waals surface area (Å²) in [6.07, 6.45) is -0.846. The van der Waals surface area contributed by atoms with E-state index in [0.29, 0.717) is 0 Å². The lowest BCUT2D eigenvalue weighted by Gasteiger charge is -2.34. The molecule has 43 heavy (non-hydrogen) atoms. The second-order valence-corrected chi connectivity index (χ2v) is 11.9. The van der Waals surface area contributed by atoms with E-state index < -0.39 is 65.8 Å². The number of nitrogens with one attached hydrogen (secondary N) is 2. The van der Waals surface area contributed by atoms with Crippen molar-refractivity contribution >= 4 is 29.6 Å². The first-order chi connectivity index (χ1) is 20.3. The highest BCUT2D eigenvalue weighted by Gasteiger charge is 2.40. The molecule has 0 aliphatic carbocycles. The Hall–Kier alpha value is -4.21. The van der Waals surface area contributed by atoms with Crippen LogP contribution in [0.15, 0.2) is 60.7 Å². The molecule has 4 amide bonds. The fourth-order valence-corrected chi connectivity index (χ4v) is 4.99. The quantitative estimate of drug-likeness (QED) is 0.497. The number of amides is 4. The fourth-order valence-electron chi connectivity index (χ4n) is 4.99.